The quantitative estimate of drug-likeness (QED) is 0.0320. The predicted octanol–water partition coefficient (Wildman–Crippen LogP) is 20.2. The van der Waals surface area contributed by atoms with Crippen LogP contribution in [0.3, 0.4) is 0 Å². The molecule has 0 saturated carbocycles. The number of allylic oxidation sites excluding steroid dienone is 4. The summed E-state index contributed by atoms with van der Waals surface area (Å²) in [5.74, 6) is -0.0932. The fourth-order valence-corrected chi connectivity index (χ4v) is 10.0. The Morgan fingerprint density at radius 2 is 0.662 bits per heavy atom. The number of ether oxygens (including phenoxy) is 1. The van der Waals surface area contributed by atoms with Crippen molar-refractivity contribution in [2.45, 2.75) is 366 Å². The van der Waals surface area contributed by atoms with Crippen LogP contribution < -0.4 is 5.32 Å². The number of nitrogens with one attached hydrogen (secondary N) is 1. The minimum atomic E-state index is -0.684. The number of unbranched alkanes of at least 4 members (excludes halogenated alkanes) is 45. The summed E-state index contributed by atoms with van der Waals surface area (Å²) in [6.45, 7) is 4.90. The Balaban J connectivity index is 3.48. The minimum absolute atomic E-state index is 0.0328. The van der Waals surface area contributed by atoms with E-state index < -0.39 is 12.1 Å². The van der Waals surface area contributed by atoms with Gasteiger partial charge in [-0.15, -0.1) is 0 Å². The predicted molar refractivity (Wildman–Crippen MR) is 310 cm³/mol. The molecule has 0 rings (SSSR count). The van der Waals surface area contributed by atoms with E-state index in [2.05, 4.69) is 43.5 Å². The van der Waals surface area contributed by atoms with E-state index in [1.165, 1.54) is 238 Å². The molecular formula is C65H125NO5. The molecule has 6 heteroatoms. The number of esters is 1. The molecule has 0 aromatic carbocycles. The average molecular weight is 1000 g/mol. The number of aliphatic hydroxyl groups excluding tert-OH is 2. The molecule has 71 heavy (non-hydrogen) atoms. The lowest BCUT2D eigenvalue weighted by atomic mass is 10.0. The van der Waals surface area contributed by atoms with Gasteiger partial charge in [-0.3, -0.25) is 9.59 Å². The zero-order chi connectivity index (χ0) is 51.4. The van der Waals surface area contributed by atoms with Gasteiger partial charge in [0.2, 0.25) is 5.91 Å². The first-order valence-electron chi connectivity index (χ1n) is 32.1. The van der Waals surface area contributed by atoms with Crippen LogP contribution in [0.1, 0.15) is 354 Å². The van der Waals surface area contributed by atoms with Crippen LogP contribution in [0.4, 0.5) is 0 Å². The van der Waals surface area contributed by atoms with Gasteiger partial charge in [0.1, 0.15) is 0 Å². The highest BCUT2D eigenvalue weighted by molar-refractivity contribution is 5.76. The van der Waals surface area contributed by atoms with E-state index in [1.54, 1.807) is 0 Å². The van der Waals surface area contributed by atoms with Gasteiger partial charge < -0.3 is 20.3 Å². The number of amides is 1. The molecule has 6 nitrogen and oxygen atoms in total. The van der Waals surface area contributed by atoms with Gasteiger partial charge in [-0.25, -0.2) is 0 Å². The lowest BCUT2D eigenvalue weighted by Crippen LogP contribution is -2.45. The molecule has 0 aliphatic rings. The van der Waals surface area contributed by atoms with Gasteiger partial charge in [0.15, 0.2) is 0 Å². The van der Waals surface area contributed by atoms with Crippen molar-refractivity contribution < 1.29 is 24.5 Å². The number of hydrogen-bond acceptors (Lipinski definition) is 5. The van der Waals surface area contributed by atoms with Crippen LogP contribution in [0.2, 0.25) is 0 Å². The second-order valence-corrected chi connectivity index (χ2v) is 22.1. The molecule has 1 amide bonds. The van der Waals surface area contributed by atoms with Crippen LogP contribution >= 0.6 is 0 Å². The minimum Gasteiger partial charge on any atom is -0.466 e. The molecule has 0 spiro atoms. The van der Waals surface area contributed by atoms with Crippen molar-refractivity contribution in [2.24, 2.45) is 0 Å². The first-order chi connectivity index (χ1) is 35.0. The lowest BCUT2D eigenvalue weighted by molar-refractivity contribution is -0.143. The smallest absolute Gasteiger partial charge is 0.305 e. The van der Waals surface area contributed by atoms with E-state index in [0.29, 0.717) is 25.9 Å². The van der Waals surface area contributed by atoms with Gasteiger partial charge in [-0.1, -0.05) is 289 Å². The normalized spacial score (nSPS) is 12.7. The van der Waals surface area contributed by atoms with E-state index >= 15 is 0 Å². The monoisotopic (exact) mass is 1000 g/mol. The number of rotatable bonds is 60. The Bertz CT molecular complexity index is 1110. The van der Waals surface area contributed by atoms with Crippen LogP contribution in [0.5, 0.6) is 0 Å². The third-order valence-corrected chi connectivity index (χ3v) is 15.0. The molecule has 420 valence electrons. The summed E-state index contributed by atoms with van der Waals surface area (Å²) in [7, 11) is 0. The third-order valence-electron chi connectivity index (χ3n) is 15.0. The van der Waals surface area contributed by atoms with Crippen molar-refractivity contribution in [3.05, 3.63) is 24.3 Å². The summed E-state index contributed by atoms with van der Waals surface area (Å²) in [6, 6.07) is -0.564. The maximum absolute atomic E-state index is 12.5. The fraction of sp³-hybridized carbons (Fsp3) is 0.908. The van der Waals surface area contributed by atoms with E-state index in [-0.39, 0.29) is 18.5 Å². The molecule has 0 fully saturated rings. The van der Waals surface area contributed by atoms with Crippen molar-refractivity contribution in [1.29, 1.82) is 0 Å². The zero-order valence-corrected chi connectivity index (χ0v) is 48.0. The Morgan fingerprint density at radius 3 is 1.00 bits per heavy atom. The van der Waals surface area contributed by atoms with Gasteiger partial charge in [0.05, 0.1) is 25.4 Å². The SMILES string of the molecule is CCCCCCCCC/C=C\CCCCCCCCCC(=O)OCCCC/C=C\CCCCCCCC(=O)NC(CO)C(O)CCCCCCCCCCCCCCCCCCCCCCCCCCC. The molecule has 0 aromatic rings. The highest BCUT2D eigenvalue weighted by Gasteiger charge is 2.20. The van der Waals surface area contributed by atoms with E-state index in [4.69, 9.17) is 4.74 Å². The van der Waals surface area contributed by atoms with Crippen LogP contribution in [0, 0.1) is 0 Å². The molecule has 2 atom stereocenters. The first kappa shape index (κ1) is 69.3. The number of aliphatic hydroxyl groups is 2. The fourth-order valence-electron chi connectivity index (χ4n) is 10.0. The number of hydrogen-bond donors (Lipinski definition) is 3. The molecule has 0 aliphatic heterocycles. The van der Waals surface area contributed by atoms with Crippen molar-refractivity contribution >= 4 is 11.9 Å². The van der Waals surface area contributed by atoms with Gasteiger partial charge >= 0.3 is 5.97 Å². The zero-order valence-electron chi connectivity index (χ0n) is 48.0. The summed E-state index contributed by atoms with van der Waals surface area (Å²) in [4.78, 5) is 24.6. The Kier molecular flexibility index (Phi) is 59.5. The molecule has 0 aliphatic carbocycles. The second kappa shape index (κ2) is 60.9. The van der Waals surface area contributed by atoms with Crippen LogP contribution in [-0.2, 0) is 14.3 Å². The van der Waals surface area contributed by atoms with Gasteiger partial charge in [-0.2, -0.15) is 0 Å². The molecule has 0 aromatic heterocycles. The molecule has 0 radical (unpaired) electrons. The summed E-state index contributed by atoms with van der Waals surface area (Å²) in [6.07, 6.45) is 74.8. The topological polar surface area (TPSA) is 95.9 Å². The number of carbonyl (C=O) groups is 2. The van der Waals surface area contributed by atoms with E-state index in [1.807, 2.05) is 0 Å². The maximum Gasteiger partial charge on any atom is 0.305 e. The van der Waals surface area contributed by atoms with Gasteiger partial charge in [0.25, 0.3) is 0 Å². The van der Waals surface area contributed by atoms with Gasteiger partial charge in [0, 0.05) is 12.8 Å². The summed E-state index contributed by atoms with van der Waals surface area (Å²) in [5.41, 5.74) is 0. The molecule has 0 bridgehead atoms. The van der Waals surface area contributed by atoms with Crippen LogP contribution in [0.15, 0.2) is 24.3 Å². The molecule has 0 heterocycles. The molecule has 3 N–H and O–H groups in total. The standard InChI is InChI=1S/C65H125NO5/c1-3-5-7-9-11-13-15-17-19-21-23-24-25-26-27-28-29-30-32-34-37-41-45-49-53-57-63(68)62(61-67)66-64(69)58-54-50-46-42-38-36-40-44-48-52-56-60-71-65(70)59-55-51-47-43-39-35-33-31-22-20-18-16-14-12-10-8-6-4-2/h20,22,40,44,62-63,67-68H,3-19,21,23-39,41-43,45-61H2,1-2H3,(H,66,69)/b22-20-,44-40-. The molecular weight excluding hydrogens is 875 g/mol. The van der Waals surface area contributed by atoms with Crippen molar-refractivity contribution in [3.8, 4) is 0 Å². The third kappa shape index (κ3) is 57.5. The van der Waals surface area contributed by atoms with Crippen molar-refractivity contribution in [3.63, 3.8) is 0 Å². The van der Waals surface area contributed by atoms with Crippen molar-refractivity contribution in [2.75, 3.05) is 13.2 Å². The lowest BCUT2D eigenvalue weighted by Gasteiger charge is -2.22. The first-order valence-corrected chi connectivity index (χ1v) is 32.1. The van der Waals surface area contributed by atoms with Crippen LogP contribution in [0.25, 0.3) is 0 Å². The Morgan fingerprint density at radius 1 is 0.380 bits per heavy atom. The van der Waals surface area contributed by atoms with Gasteiger partial charge in [-0.05, 0) is 77.0 Å². The highest BCUT2D eigenvalue weighted by atomic mass is 16.5. The summed E-state index contributed by atoms with van der Waals surface area (Å²) in [5, 5.41) is 23.4. The number of carbonyl (C=O) groups excluding carboxylic acids is 2. The summed E-state index contributed by atoms with van der Waals surface area (Å²) >= 11 is 0. The highest BCUT2D eigenvalue weighted by Crippen LogP contribution is 2.18. The van der Waals surface area contributed by atoms with Crippen molar-refractivity contribution in [1.82, 2.24) is 5.32 Å². The van der Waals surface area contributed by atoms with E-state index in [9.17, 15) is 19.8 Å². The molecule has 0 saturated heterocycles. The van der Waals surface area contributed by atoms with E-state index in [0.717, 1.165) is 83.5 Å². The maximum atomic E-state index is 12.5. The van der Waals surface area contributed by atoms with Crippen LogP contribution in [-0.4, -0.2) is 47.4 Å². The molecule has 2 unspecified atom stereocenters. The Hall–Kier alpha value is -1.66. The summed E-state index contributed by atoms with van der Waals surface area (Å²) < 4.78 is 5.46. The Labute approximate surface area is 443 Å². The second-order valence-electron chi connectivity index (χ2n) is 22.1. The largest absolute Gasteiger partial charge is 0.466 e. The average Bonchev–Trinajstić information content (AvgIpc) is 3.37.